The van der Waals surface area contributed by atoms with Gasteiger partial charge in [-0.2, -0.15) is 0 Å². The molecular weight excluding hydrogens is 479 g/mol. The standard InChI is InChI=1S/C8H10AsNO5.C7H4ClNO3S/c1-5(11)10-8-6(9(13,14)15)3-2-4-7(8)12;8-13(10,11)5-1-2-6-7(3-5)12-4-9-6/h2-4,12H,1H3,(H,10,11)(H2,13,14,15);1-4H. The molecule has 0 fully saturated rings. The summed E-state index contributed by atoms with van der Waals surface area (Å²) < 4.78 is 55.5. The van der Waals surface area contributed by atoms with E-state index < -0.39 is 29.1 Å². The Morgan fingerprint density at radius 3 is 2.50 bits per heavy atom. The fraction of sp³-hybridized carbons (Fsp3) is 0.0667. The molecule has 0 radical (unpaired) electrons. The van der Waals surface area contributed by atoms with Gasteiger partial charge in [-0.1, -0.05) is 0 Å². The molecule has 28 heavy (non-hydrogen) atoms. The van der Waals surface area contributed by atoms with Crippen LogP contribution in [0, 0.1) is 0 Å². The molecule has 2 aromatic carbocycles. The van der Waals surface area contributed by atoms with Crippen molar-refractivity contribution in [3.05, 3.63) is 42.8 Å². The number of halogens is 1. The van der Waals surface area contributed by atoms with Gasteiger partial charge in [-0.05, 0) is 12.1 Å². The molecule has 4 N–H and O–H groups in total. The van der Waals surface area contributed by atoms with Gasteiger partial charge in [0.2, 0.25) is 0 Å². The van der Waals surface area contributed by atoms with Crippen LogP contribution in [0.15, 0.2) is 52.1 Å². The Labute approximate surface area is 166 Å². The number of hydrogen-bond donors (Lipinski definition) is 4. The van der Waals surface area contributed by atoms with Crippen molar-refractivity contribution in [1.82, 2.24) is 4.98 Å². The number of phenolic OH excluding ortho intramolecular Hbond substituents is 1. The third kappa shape index (κ3) is 5.60. The fourth-order valence-electron chi connectivity index (χ4n) is 2.06. The second-order valence-electron chi connectivity index (χ2n) is 5.32. The predicted octanol–water partition coefficient (Wildman–Crippen LogP) is 0.667. The number of fused-ring (bicyclic) bond motifs is 1. The number of phenols is 1. The maximum atomic E-state index is 11.1. The minimum absolute atomic E-state index is 0.0124. The number of amides is 1. The van der Waals surface area contributed by atoms with Gasteiger partial charge in [-0.3, -0.25) is 0 Å². The molecule has 150 valence electrons. The van der Waals surface area contributed by atoms with E-state index in [9.17, 15) is 22.1 Å². The number of anilines is 1. The van der Waals surface area contributed by atoms with Crippen LogP contribution < -0.4 is 9.67 Å². The molecule has 0 spiro atoms. The molecule has 0 bridgehead atoms. The zero-order chi connectivity index (χ0) is 21.1. The SMILES string of the molecule is CC(=O)Nc1c(O)cccc1[As](=O)(O)O.O=S(=O)(Cl)c1ccc2ncoc2c1. The second kappa shape index (κ2) is 8.37. The minimum Gasteiger partial charge on any atom is -0.443 e. The third-order valence-corrected chi connectivity index (χ3v) is 6.67. The number of para-hydroxylation sites is 1. The van der Waals surface area contributed by atoms with Crippen molar-refractivity contribution in [3.8, 4) is 5.75 Å². The first-order chi connectivity index (χ1) is 12.9. The van der Waals surface area contributed by atoms with Gasteiger partial charge in [0.15, 0.2) is 12.0 Å². The molecule has 0 aliphatic rings. The summed E-state index contributed by atoms with van der Waals surface area (Å²) >= 11 is -5.14. The first-order valence-electron chi connectivity index (χ1n) is 7.33. The van der Waals surface area contributed by atoms with E-state index in [-0.39, 0.29) is 20.7 Å². The summed E-state index contributed by atoms with van der Waals surface area (Å²) in [4.78, 5) is 14.6. The normalized spacial score (nSPS) is 11.6. The molecule has 0 aliphatic carbocycles. The van der Waals surface area contributed by atoms with Crippen LogP contribution in [0.5, 0.6) is 5.75 Å². The number of aromatic nitrogens is 1. The van der Waals surface area contributed by atoms with Crippen LogP contribution in [-0.4, -0.2) is 46.8 Å². The maximum absolute atomic E-state index is 11.1. The first-order valence-corrected chi connectivity index (χ1v) is 13.0. The number of nitrogens with one attached hydrogen (secondary N) is 1. The Balaban J connectivity index is 0.000000202. The quantitative estimate of drug-likeness (QED) is 0.233. The summed E-state index contributed by atoms with van der Waals surface area (Å²) in [6.07, 6.45) is 1.25. The number of hydrogen-bond acceptors (Lipinski definition) is 7. The fourth-order valence-corrected chi connectivity index (χ4v) is 4.39. The summed E-state index contributed by atoms with van der Waals surface area (Å²) in [5.74, 6) is -0.880. The molecule has 3 rings (SSSR count). The molecule has 1 heterocycles. The number of aromatic hydroxyl groups is 1. The molecule has 1 aromatic heterocycles. The number of benzene rings is 2. The molecule has 3 aromatic rings. The van der Waals surface area contributed by atoms with E-state index in [1.54, 1.807) is 0 Å². The van der Waals surface area contributed by atoms with Gasteiger partial charge in [-0.15, -0.1) is 0 Å². The Hall–Kier alpha value is -2.30. The number of carbonyl (C=O) groups is 1. The molecule has 0 aliphatic heterocycles. The molecule has 0 saturated heterocycles. The molecule has 1 amide bonds. The average molecular weight is 493 g/mol. The Morgan fingerprint density at radius 2 is 1.93 bits per heavy atom. The molecule has 13 heteroatoms. The van der Waals surface area contributed by atoms with Gasteiger partial charge in [0, 0.05) is 16.7 Å². The number of rotatable bonds is 3. The molecule has 10 nitrogen and oxygen atoms in total. The van der Waals surface area contributed by atoms with E-state index in [2.05, 4.69) is 10.3 Å². The second-order valence-corrected chi connectivity index (χ2v) is 11.2. The number of carbonyl (C=O) groups excluding carboxylic acids is 1. The van der Waals surface area contributed by atoms with Crippen molar-refractivity contribution < 1.29 is 34.7 Å². The monoisotopic (exact) mass is 492 g/mol. The summed E-state index contributed by atoms with van der Waals surface area (Å²) in [6, 6.07) is 7.97. The van der Waals surface area contributed by atoms with Crippen LogP contribution in [0.4, 0.5) is 5.69 Å². The molecular formula is C15H14AsClN2O8S. The van der Waals surface area contributed by atoms with Gasteiger partial charge >= 0.3 is 88.1 Å². The molecule has 0 atom stereocenters. The minimum atomic E-state index is -5.14. The zero-order valence-electron chi connectivity index (χ0n) is 14.1. The molecule has 0 saturated carbocycles. The Bertz CT molecular complexity index is 1170. The third-order valence-electron chi connectivity index (χ3n) is 3.22. The maximum Gasteiger partial charge on any atom is 0.261 e. The van der Waals surface area contributed by atoms with Gasteiger partial charge in [0.05, 0.1) is 4.90 Å². The van der Waals surface area contributed by atoms with Gasteiger partial charge in [0.25, 0.3) is 9.05 Å². The first kappa shape index (κ1) is 22.0. The number of nitrogens with zero attached hydrogens (tertiary/aromatic N) is 1. The smallest absolute Gasteiger partial charge is 0.261 e. The van der Waals surface area contributed by atoms with Crippen molar-refractivity contribution in [2.45, 2.75) is 11.8 Å². The van der Waals surface area contributed by atoms with Crippen LogP contribution in [0.3, 0.4) is 0 Å². The Morgan fingerprint density at radius 1 is 1.25 bits per heavy atom. The molecule has 0 unspecified atom stereocenters. The van der Waals surface area contributed by atoms with Crippen molar-refractivity contribution in [1.29, 1.82) is 0 Å². The van der Waals surface area contributed by atoms with Crippen LogP contribution >= 0.6 is 10.7 Å². The van der Waals surface area contributed by atoms with E-state index in [4.69, 9.17) is 23.3 Å². The summed E-state index contributed by atoms with van der Waals surface area (Å²) in [5, 5.41) is 11.5. The van der Waals surface area contributed by atoms with E-state index >= 15 is 0 Å². The Kier molecular flexibility index (Phi) is 6.58. The van der Waals surface area contributed by atoms with E-state index in [1.807, 2.05) is 0 Å². The van der Waals surface area contributed by atoms with Crippen molar-refractivity contribution in [3.63, 3.8) is 0 Å². The van der Waals surface area contributed by atoms with E-state index in [0.717, 1.165) is 0 Å². The average Bonchev–Trinajstić information content (AvgIpc) is 3.03. The summed E-state index contributed by atoms with van der Waals surface area (Å²) in [7, 11) is 1.45. The largest absolute Gasteiger partial charge is 0.443 e. The van der Waals surface area contributed by atoms with Crippen LogP contribution in [-0.2, 0) is 17.6 Å². The predicted molar refractivity (Wildman–Crippen MR) is 100.0 cm³/mol. The zero-order valence-corrected chi connectivity index (χ0v) is 17.6. The van der Waals surface area contributed by atoms with Crippen LogP contribution in [0.25, 0.3) is 11.1 Å². The van der Waals surface area contributed by atoms with E-state index in [1.165, 1.54) is 49.7 Å². The van der Waals surface area contributed by atoms with Gasteiger partial charge in [-0.25, -0.2) is 13.4 Å². The van der Waals surface area contributed by atoms with Gasteiger partial charge in [0.1, 0.15) is 5.52 Å². The topological polar surface area (TPSA) is 167 Å². The van der Waals surface area contributed by atoms with Crippen LogP contribution in [0.2, 0.25) is 0 Å². The van der Waals surface area contributed by atoms with Crippen molar-refractivity contribution in [2.75, 3.05) is 5.32 Å². The van der Waals surface area contributed by atoms with Gasteiger partial charge < -0.3 is 4.42 Å². The van der Waals surface area contributed by atoms with Crippen LogP contribution in [0.1, 0.15) is 6.92 Å². The number of oxazole rings is 1. The summed E-state index contributed by atoms with van der Waals surface area (Å²) in [6.45, 7) is 1.18. The van der Waals surface area contributed by atoms with E-state index in [0.29, 0.717) is 11.1 Å². The van der Waals surface area contributed by atoms with Crippen molar-refractivity contribution in [2.24, 2.45) is 0 Å². The van der Waals surface area contributed by atoms with Crippen molar-refractivity contribution >= 4 is 61.0 Å². The summed E-state index contributed by atoms with van der Waals surface area (Å²) in [5.41, 5.74) is 0.781.